The van der Waals surface area contributed by atoms with Gasteiger partial charge in [-0.2, -0.15) is 0 Å². The van der Waals surface area contributed by atoms with Crippen LogP contribution in [0.5, 0.6) is 0 Å². The van der Waals surface area contributed by atoms with Crippen LogP contribution in [0.25, 0.3) is 0 Å². The van der Waals surface area contributed by atoms with Gasteiger partial charge in [-0.1, -0.05) is 54.1 Å². The first-order valence-corrected chi connectivity index (χ1v) is 7.53. The number of hydrogen-bond donors (Lipinski definition) is 1. The minimum Gasteiger partial charge on any atom is -0.320 e. The van der Waals surface area contributed by atoms with Gasteiger partial charge >= 0.3 is 0 Å². The highest BCUT2D eigenvalue weighted by atomic mass is 79.9. The Morgan fingerprint density at radius 2 is 1.76 bits per heavy atom. The quantitative estimate of drug-likeness (QED) is 0.742. The molecule has 2 aromatic rings. The van der Waals surface area contributed by atoms with Crippen molar-refractivity contribution in [1.29, 1.82) is 0 Å². The van der Waals surface area contributed by atoms with Crippen molar-refractivity contribution in [3.05, 3.63) is 70.2 Å². The van der Waals surface area contributed by atoms with Gasteiger partial charge in [-0.15, -0.1) is 17.0 Å². The molecule has 0 saturated heterocycles. The lowest BCUT2D eigenvalue weighted by Gasteiger charge is -2.21. The summed E-state index contributed by atoms with van der Waals surface area (Å²) in [5.41, 5.74) is 3.95. The Morgan fingerprint density at radius 3 is 2.38 bits per heavy atom. The average molecular weight is 369 g/mol. The summed E-state index contributed by atoms with van der Waals surface area (Å²) in [5.74, 6) is 0.457. The van der Waals surface area contributed by atoms with E-state index in [-0.39, 0.29) is 17.0 Å². The molecule has 0 spiro atoms. The fourth-order valence-electron chi connectivity index (χ4n) is 2.73. The van der Waals surface area contributed by atoms with E-state index in [4.69, 9.17) is 11.6 Å². The third-order valence-corrected chi connectivity index (χ3v) is 4.08. The number of hydrogen-bond acceptors (Lipinski definition) is 1. The van der Waals surface area contributed by atoms with Gasteiger partial charge in [0.15, 0.2) is 0 Å². The highest BCUT2D eigenvalue weighted by molar-refractivity contribution is 8.93. The molecule has 0 aliphatic rings. The summed E-state index contributed by atoms with van der Waals surface area (Å²) in [6, 6.07) is 16.8. The molecular weight excluding hydrogens is 346 g/mol. The minimum absolute atomic E-state index is 0. The molecule has 114 valence electrons. The number of aryl methyl sites for hydroxylation is 1. The van der Waals surface area contributed by atoms with E-state index in [1.54, 1.807) is 0 Å². The van der Waals surface area contributed by atoms with Crippen molar-refractivity contribution in [3.63, 3.8) is 0 Å². The normalized spacial score (nSPS) is 11.8. The lowest BCUT2D eigenvalue weighted by Crippen LogP contribution is -2.15. The van der Waals surface area contributed by atoms with E-state index >= 15 is 0 Å². The molecule has 0 saturated carbocycles. The van der Waals surface area contributed by atoms with Crippen LogP contribution >= 0.6 is 28.6 Å². The lowest BCUT2D eigenvalue weighted by molar-refractivity contribution is 0.591. The molecule has 0 fully saturated rings. The lowest BCUT2D eigenvalue weighted by atomic mass is 9.86. The molecule has 0 bridgehead atoms. The van der Waals surface area contributed by atoms with Crippen LogP contribution in [-0.4, -0.2) is 13.6 Å². The summed E-state index contributed by atoms with van der Waals surface area (Å²) in [4.78, 5) is 0. The second-order valence-corrected chi connectivity index (χ2v) is 5.66. The van der Waals surface area contributed by atoms with Gasteiger partial charge < -0.3 is 5.32 Å². The molecule has 0 radical (unpaired) electrons. The van der Waals surface area contributed by atoms with Crippen LogP contribution in [0.4, 0.5) is 0 Å². The van der Waals surface area contributed by atoms with Crippen molar-refractivity contribution in [2.75, 3.05) is 13.6 Å². The highest BCUT2D eigenvalue weighted by Crippen LogP contribution is 2.32. The summed E-state index contributed by atoms with van der Waals surface area (Å²) in [6.45, 7) is 3.15. The fourth-order valence-corrected chi connectivity index (χ4v) is 3.10. The maximum absolute atomic E-state index is 6.45. The van der Waals surface area contributed by atoms with Gasteiger partial charge in [-0.05, 0) is 62.0 Å². The van der Waals surface area contributed by atoms with Gasteiger partial charge in [0.25, 0.3) is 0 Å². The summed E-state index contributed by atoms with van der Waals surface area (Å²) in [5, 5.41) is 4.14. The molecule has 1 nitrogen and oxygen atoms in total. The maximum atomic E-state index is 6.45. The molecule has 2 aromatic carbocycles. The smallest absolute Gasteiger partial charge is 0.0443 e. The molecule has 0 aliphatic carbocycles. The first-order chi connectivity index (χ1) is 9.72. The van der Waals surface area contributed by atoms with Gasteiger partial charge in [0, 0.05) is 5.02 Å². The van der Waals surface area contributed by atoms with Gasteiger partial charge in [0.2, 0.25) is 0 Å². The van der Waals surface area contributed by atoms with E-state index in [1.807, 2.05) is 19.2 Å². The third-order valence-electron chi connectivity index (χ3n) is 3.75. The Balaban J connectivity index is 0.00000220. The Hall–Kier alpha value is -0.830. The predicted octanol–water partition coefficient (Wildman–Crippen LogP) is 5.16. The van der Waals surface area contributed by atoms with Crippen molar-refractivity contribution in [2.24, 2.45) is 0 Å². The molecule has 0 heterocycles. The largest absolute Gasteiger partial charge is 0.320 e. The molecular formula is C18H23BrClN. The summed E-state index contributed by atoms with van der Waals surface area (Å²) < 4.78 is 0. The monoisotopic (exact) mass is 367 g/mol. The molecule has 1 unspecified atom stereocenters. The second kappa shape index (κ2) is 9.24. The van der Waals surface area contributed by atoms with Crippen molar-refractivity contribution in [2.45, 2.75) is 25.7 Å². The SMILES string of the molecule is Br.CNCCC(Cc1ccccc1)c1c(C)cccc1Cl. The maximum Gasteiger partial charge on any atom is 0.0443 e. The Kier molecular flexibility index (Phi) is 8.02. The highest BCUT2D eigenvalue weighted by Gasteiger charge is 2.17. The van der Waals surface area contributed by atoms with Crippen molar-refractivity contribution >= 4 is 28.6 Å². The molecule has 3 heteroatoms. The summed E-state index contributed by atoms with van der Waals surface area (Å²) >= 11 is 6.45. The van der Waals surface area contributed by atoms with Gasteiger partial charge in [-0.25, -0.2) is 0 Å². The van der Waals surface area contributed by atoms with E-state index in [0.717, 1.165) is 24.4 Å². The number of benzene rings is 2. The van der Waals surface area contributed by atoms with E-state index < -0.39 is 0 Å². The molecule has 21 heavy (non-hydrogen) atoms. The standard InChI is InChI=1S/C18H22ClN.BrH/c1-14-7-6-10-17(19)18(14)16(11-12-20-2)13-15-8-4-3-5-9-15;/h3-10,16,20H,11-13H2,1-2H3;1H. The molecule has 2 rings (SSSR count). The zero-order chi connectivity index (χ0) is 14.4. The Bertz CT molecular complexity index is 522. The number of nitrogens with one attached hydrogen (secondary N) is 1. The summed E-state index contributed by atoms with van der Waals surface area (Å²) in [6.07, 6.45) is 2.13. The van der Waals surface area contributed by atoms with Crippen LogP contribution in [0.1, 0.15) is 29.0 Å². The van der Waals surface area contributed by atoms with Crippen LogP contribution < -0.4 is 5.32 Å². The summed E-state index contributed by atoms with van der Waals surface area (Å²) in [7, 11) is 2.00. The van der Waals surface area contributed by atoms with Crippen LogP contribution in [0.2, 0.25) is 5.02 Å². The number of rotatable bonds is 6. The zero-order valence-electron chi connectivity index (χ0n) is 12.6. The zero-order valence-corrected chi connectivity index (χ0v) is 15.1. The topological polar surface area (TPSA) is 12.0 Å². The van der Waals surface area contributed by atoms with Gasteiger partial charge in [0.05, 0.1) is 0 Å². The van der Waals surface area contributed by atoms with E-state index in [1.165, 1.54) is 16.7 Å². The first-order valence-electron chi connectivity index (χ1n) is 7.16. The second-order valence-electron chi connectivity index (χ2n) is 5.25. The molecule has 1 atom stereocenters. The first kappa shape index (κ1) is 18.2. The van der Waals surface area contributed by atoms with Crippen LogP contribution in [0.3, 0.4) is 0 Å². The Morgan fingerprint density at radius 1 is 1.05 bits per heavy atom. The molecule has 0 aliphatic heterocycles. The fraction of sp³-hybridized carbons (Fsp3) is 0.333. The van der Waals surface area contributed by atoms with Crippen LogP contribution in [0.15, 0.2) is 48.5 Å². The Labute approximate surface area is 143 Å². The van der Waals surface area contributed by atoms with Crippen LogP contribution in [-0.2, 0) is 6.42 Å². The van der Waals surface area contributed by atoms with Gasteiger partial charge in [-0.3, -0.25) is 0 Å². The molecule has 1 N–H and O–H groups in total. The average Bonchev–Trinajstić information content (AvgIpc) is 2.45. The van der Waals surface area contributed by atoms with E-state index in [9.17, 15) is 0 Å². The minimum atomic E-state index is 0. The molecule has 0 amide bonds. The van der Waals surface area contributed by atoms with Crippen LogP contribution in [0, 0.1) is 6.92 Å². The third kappa shape index (κ3) is 5.14. The van der Waals surface area contributed by atoms with E-state index in [0.29, 0.717) is 5.92 Å². The van der Waals surface area contributed by atoms with Crippen molar-refractivity contribution in [1.82, 2.24) is 5.32 Å². The molecule has 0 aromatic heterocycles. The van der Waals surface area contributed by atoms with E-state index in [2.05, 4.69) is 48.6 Å². The van der Waals surface area contributed by atoms with Crippen molar-refractivity contribution < 1.29 is 0 Å². The van der Waals surface area contributed by atoms with Gasteiger partial charge in [0.1, 0.15) is 0 Å². The number of halogens is 2. The predicted molar refractivity (Wildman–Crippen MR) is 97.9 cm³/mol. The van der Waals surface area contributed by atoms with Crippen molar-refractivity contribution in [3.8, 4) is 0 Å².